The van der Waals surface area contributed by atoms with E-state index in [0.29, 0.717) is 27.6 Å². The highest BCUT2D eigenvalue weighted by molar-refractivity contribution is 5.99. The van der Waals surface area contributed by atoms with Crippen LogP contribution in [-0.4, -0.2) is 15.1 Å². The Bertz CT molecular complexity index is 1160. The molecule has 0 saturated carbocycles. The number of rotatable bonds is 1. The van der Waals surface area contributed by atoms with Crippen LogP contribution in [0, 0.1) is 10.1 Å². The zero-order chi connectivity index (χ0) is 17.9. The van der Waals surface area contributed by atoms with Gasteiger partial charge in [-0.25, -0.2) is 0 Å². The molecule has 0 spiro atoms. The number of ether oxygens (including phenoxy) is 1. The molecule has 0 unspecified atom stereocenters. The van der Waals surface area contributed by atoms with Crippen molar-refractivity contribution in [1.82, 2.24) is 4.57 Å². The average Bonchev–Trinajstić information content (AvgIpc) is 2.57. The first-order chi connectivity index (χ1) is 11.8. The molecule has 0 saturated heterocycles. The number of nitrogens with zero attached hydrogens (tertiary/aromatic N) is 2. The van der Waals surface area contributed by atoms with E-state index in [-0.39, 0.29) is 11.1 Å². The Balaban J connectivity index is 2.20. The highest BCUT2D eigenvalue weighted by atomic mass is 16.6. The van der Waals surface area contributed by atoms with Gasteiger partial charge in [0.2, 0.25) is 0 Å². The summed E-state index contributed by atoms with van der Waals surface area (Å²) in [6.45, 7) is 3.32. The molecule has 0 bridgehead atoms. The van der Waals surface area contributed by atoms with Crippen LogP contribution in [0.25, 0.3) is 27.9 Å². The summed E-state index contributed by atoms with van der Waals surface area (Å²) in [5.74, 6) is 0.536. The molecule has 4 rings (SSSR count). The zero-order valence-corrected chi connectivity index (χ0v) is 14.1. The number of fused-ring (bicyclic) bond motifs is 4. The second-order valence-electron chi connectivity index (χ2n) is 6.68. The van der Waals surface area contributed by atoms with E-state index in [4.69, 9.17) is 4.74 Å². The van der Waals surface area contributed by atoms with E-state index in [1.807, 2.05) is 29.8 Å². The lowest BCUT2D eigenvalue weighted by Gasteiger charge is -2.29. The highest BCUT2D eigenvalue weighted by Crippen LogP contribution is 2.39. The third-order valence-corrected chi connectivity index (χ3v) is 4.73. The van der Waals surface area contributed by atoms with Crippen LogP contribution >= 0.6 is 0 Å². The van der Waals surface area contributed by atoms with E-state index < -0.39 is 10.5 Å². The molecule has 1 aromatic heterocycles. The summed E-state index contributed by atoms with van der Waals surface area (Å²) in [6, 6.07) is 10.8. The Labute approximate surface area is 143 Å². The second kappa shape index (κ2) is 4.92. The molecule has 0 aliphatic carbocycles. The largest absolute Gasteiger partial charge is 0.476 e. The molecule has 2 heterocycles. The predicted molar refractivity (Wildman–Crippen MR) is 96.4 cm³/mol. The van der Waals surface area contributed by atoms with Crippen molar-refractivity contribution >= 4 is 27.9 Å². The first-order valence-corrected chi connectivity index (χ1v) is 7.91. The van der Waals surface area contributed by atoms with Gasteiger partial charge in [0.05, 0.1) is 16.0 Å². The molecule has 3 aromatic rings. The molecule has 6 heteroatoms. The van der Waals surface area contributed by atoms with Gasteiger partial charge in [-0.15, -0.1) is 0 Å². The molecule has 0 fully saturated rings. The van der Waals surface area contributed by atoms with Crippen molar-refractivity contribution in [3.05, 3.63) is 68.0 Å². The summed E-state index contributed by atoms with van der Waals surface area (Å²) >= 11 is 0. The molecule has 0 radical (unpaired) electrons. The smallest absolute Gasteiger partial charge is 0.289 e. The van der Waals surface area contributed by atoms with E-state index in [1.165, 1.54) is 6.08 Å². The van der Waals surface area contributed by atoms with Crippen molar-refractivity contribution in [3.8, 4) is 5.75 Å². The molecular weight excluding hydrogens is 320 g/mol. The Morgan fingerprint density at radius 3 is 2.56 bits per heavy atom. The van der Waals surface area contributed by atoms with Crippen LogP contribution in [0.1, 0.15) is 19.4 Å². The van der Waals surface area contributed by atoms with Crippen LogP contribution in [0.3, 0.4) is 0 Å². The van der Waals surface area contributed by atoms with E-state index in [1.54, 1.807) is 32.0 Å². The van der Waals surface area contributed by atoms with Crippen molar-refractivity contribution in [1.29, 1.82) is 0 Å². The SMILES string of the molecule is Cn1c2ccccc2c(=O)c2ccc3c(c21)C=C([N+](=O)[O-])C(C)(C)O3. The minimum Gasteiger partial charge on any atom is -0.476 e. The van der Waals surface area contributed by atoms with E-state index in [9.17, 15) is 14.9 Å². The second-order valence-corrected chi connectivity index (χ2v) is 6.68. The normalized spacial score (nSPS) is 15.6. The number of para-hydroxylation sites is 1. The van der Waals surface area contributed by atoms with Gasteiger partial charge in [0.15, 0.2) is 11.0 Å². The van der Waals surface area contributed by atoms with Crippen LogP contribution < -0.4 is 10.2 Å². The number of hydrogen-bond donors (Lipinski definition) is 0. The van der Waals surface area contributed by atoms with Crippen LogP contribution in [0.15, 0.2) is 46.9 Å². The summed E-state index contributed by atoms with van der Waals surface area (Å²) in [4.78, 5) is 23.9. The number of hydrogen-bond acceptors (Lipinski definition) is 4. The molecule has 0 atom stereocenters. The summed E-state index contributed by atoms with van der Waals surface area (Å²) in [5.41, 5.74) is 0.805. The summed E-state index contributed by atoms with van der Waals surface area (Å²) in [6.07, 6.45) is 1.52. The monoisotopic (exact) mass is 336 g/mol. The molecule has 1 aliphatic rings. The zero-order valence-electron chi connectivity index (χ0n) is 14.1. The van der Waals surface area contributed by atoms with Crippen molar-refractivity contribution in [2.75, 3.05) is 0 Å². The van der Waals surface area contributed by atoms with Gasteiger partial charge in [-0.3, -0.25) is 14.9 Å². The molecule has 0 amide bonds. The first kappa shape index (κ1) is 15.4. The van der Waals surface area contributed by atoms with E-state index >= 15 is 0 Å². The molecule has 25 heavy (non-hydrogen) atoms. The van der Waals surface area contributed by atoms with Gasteiger partial charge in [-0.05, 0) is 38.1 Å². The predicted octanol–water partition coefficient (Wildman–Crippen LogP) is 3.48. The summed E-state index contributed by atoms with van der Waals surface area (Å²) in [5, 5.41) is 12.6. The van der Waals surface area contributed by atoms with Crippen LogP contribution in [0.2, 0.25) is 0 Å². The Morgan fingerprint density at radius 1 is 1.12 bits per heavy atom. The lowest BCUT2D eigenvalue weighted by Crippen LogP contribution is -2.36. The molecule has 6 nitrogen and oxygen atoms in total. The lowest BCUT2D eigenvalue weighted by molar-refractivity contribution is -0.439. The van der Waals surface area contributed by atoms with Crippen LogP contribution in [-0.2, 0) is 7.05 Å². The fourth-order valence-electron chi connectivity index (χ4n) is 3.50. The third kappa shape index (κ3) is 2.07. The van der Waals surface area contributed by atoms with Gasteiger partial charge in [-0.2, -0.15) is 0 Å². The first-order valence-electron chi connectivity index (χ1n) is 7.91. The topological polar surface area (TPSA) is 74.4 Å². The molecule has 126 valence electrons. The van der Waals surface area contributed by atoms with Gasteiger partial charge in [0, 0.05) is 29.5 Å². The van der Waals surface area contributed by atoms with E-state index in [2.05, 4.69) is 0 Å². The maximum atomic E-state index is 12.9. The van der Waals surface area contributed by atoms with Gasteiger partial charge in [0.25, 0.3) is 5.70 Å². The minimum absolute atomic E-state index is 0.0342. The maximum Gasteiger partial charge on any atom is 0.289 e. The molecule has 1 aliphatic heterocycles. The standard InChI is InChI=1S/C19H16N2O4/c1-19(2)16(21(23)24)10-13-15(25-19)9-8-12-17(13)20(3)14-7-5-4-6-11(14)18(12)22/h4-10H,1-3H3. The Hall–Kier alpha value is -3.15. The summed E-state index contributed by atoms with van der Waals surface area (Å²) < 4.78 is 7.77. The fourth-order valence-corrected chi connectivity index (χ4v) is 3.50. The van der Waals surface area contributed by atoms with Gasteiger partial charge in [-0.1, -0.05) is 12.1 Å². The fraction of sp³-hybridized carbons (Fsp3) is 0.211. The van der Waals surface area contributed by atoms with Gasteiger partial charge >= 0.3 is 0 Å². The Kier molecular flexibility index (Phi) is 3.03. The van der Waals surface area contributed by atoms with Crippen molar-refractivity contribution in [2.24, 2.45) is 7.05 Å². The van der Waals surface area contributed by atoms with Crippen molar-refractivity contribution in [2.45, 2.75) is 19.4 Å². The maximum absolute atomic E-state index is 12.9. The van der Waals surface area contributed by atoms with Crippen molar-refractivity contribution < 1.29 is 9.66 Å². The summed E-state index contributed by atoms with van der Waals surface area (Å²) in [7, 11) is 1.85. The molecule has 0 N–H and O–H groups in total. The molecular formula is C19H16N2O4. The number of pyridine rings is 1. The average molecular weight is 336 g/mol. The Morgan fingerprint density at radius 2 is 1.84 bits per heavy atom. The highest BCUT2D eigenvalue weighted by Gasteiger charge is 2.40. The van der Waals surface area contributed by atoms with Crippen molar-refractivity contribution in [3.63, 3.8) is 0 Å². The third-order valence-electron chi connectivity index (χ3n) is 4.73. The van der Waals surface area contributed by atoms with E-state index in [0.717, 1.165) is 5.52 Å². The molecule has 2 aromatic carbocycles. The van der Waals surface area contributed by atoms with Crippen LogP contribution in [0.5, 0.6) is 5.75 Å². The quantitative estimate of drug-likeness (QED) is 0.387. The van der Waals surface area contributed by atoms with Gasteiger partial charge < -0.3 is 9.30 Å². The minimum atomic E-state index is -1.04. The van der Waals surface area contributed by atoms with Crippen LogP contribution in [0.4, 0.5) is 0 Å². The number of benzene rings is 2. The lowest BCUT2D eigenvalue weighted by atomic mass is 9.96. The number of aromatic nitrogens is 1. The number of aryl methyl sites for hydroxylation is 1. The number of nitro groups is 1. The van der Waals surface area contributed by atoms with Gasteiger partial charge in [0.1, 0.15) is 5.75 Å².